The van der Waals surface area contributed by atoms with Gasteiger partial charge < -0.3 is 9.84 Å². The van der Waals surface area contributed by atoms with Crippen molar-refractivity contribution in [2.24, 2.45) is 0 Å². The molecule has 0 bridgehead atoms. The highest BCUT2D eigenvalue weighted by atomic mass is 16.5. The van der Waals surface area contributed by atoms with Crippen molar-refractivity contribution in [3.8, 4) is 5.75 Å². The Labute approximate surface area is 129 Å². The third-order valence-electron chi connectivity index (χ3n) is 3.86. The lowest BCUT2D eigenvalue weighted by Crippen LogP contribution is -2.11. The number of carbonyl (C=O) groups is 2. The molecule has 2 rings (SSSR count). The number of ketones is 1. The van der Waals surface area contributed by atoms with Crippen molar-refractivity contribution in [1.82, 2.24) is 0 Å². The van der Waals surface area contributed by atoms with Crippen LogP contribution in [0.3, 0.4) is 0 Å². The van der Waals surface area contributed by atoms with Crippen LogP contribution in [0.5, 0.6) is 5.75 Å². The molecule has 0 aliphatic carbocycles. The number of benzene rings is 2. The van der Waals surface area contributed by atoms with Crippen LogP contribution in [0.4, 0.5) is 0 Å². The molecule has 0 saturated heterocycles. The standard InChI is InChI=1S/C18H20O4/c1-3-12(9-16(19)11-18(20)21)13-4-5-15-10-17(22-2)7-6-14(15)8-13/h4-8,10,12H,3,9,11H2,1-2H3,(H,20,21). The molecule has 116 valence electrons. The van der Waals surface area contributed by atoms with E-state index >= 15 is 0 Å². The molecule has 0 saturated carbocycles. The first-order chi connectivity index (χ1) is 10.5. The first kappa shape index (κ1) is 16.0. The van der Waals surface area contributed by atoms with Crippen LogP contribution >= 0.6 is 0 Å². The Balaban J connectivity index is 2.23. The van der Waals surface area contributed by atoms with Gasteiger partial charge >= 0.3 is 5.97 Å². The third-order valence-corrected chi connectivity index (χ3v) is 3.86. The highest BCUT2D eigenvalue weighted by Gasteiger charge is 2.16. The molecule has 1 N–H and O–H groups in total. The van der Waals surface area contributed by atoms with Crippen LogP contribution < -0.4 is 4.74 Å². The van der Waals surface area contributed by atoms with Crippen LogP contribution in [0, 0.1) is 0 Å². The van der Waals surface area contributed by atoms with Crippen molar-refractivity contribution in [1.29, 1.82) is 0 Å². The number of aliphatic carboxylic acids is 1. The van der Waals surface area contributed by atoms with E-state index < -0.39 is 12.4 Å². The van der Waals surface area contributed by atoms with Crippen LogP contribution in [0.25, 0.3) is 10.8 Å². The Morgan fingerprint density at radius 3 is 2.45 bits per heavy atom. The van der Waals surface area contributed by atoms with Gasteiger partial charge in [0.15, 0.2) is 0 Å². The van der Waals surface area contributed by atoms with Gasteiger partial charge in [-0.25, -0.2) is 0 Å². The first-order valence-electron chi connectivity index (χ1n) is 7.34. The van der Waals surface area contributed by atoms with Gasteiger partial charge in [-0.05, 0) is 40.8 Å². The number of fused-ring (bicyclic) bond motifs is 1. The minimum Gasteiger partial charge on any atom is -0.497 e. The largest absolute Gasteiger partial charge is 0.497 e. The molecule has 1 atom stereocenters. The zero-order valence-electron chi connectivity index (χ0n) is 12.8. The number of ether oxygens (including phenoxy) is 1. The Morgan fingerprint density at radius 2 is 1.82 bits per heavy atom. The van der Waals surface area contributed by atoms with Crippen molar-refractivity contribution in [3.63, 3.8) is 0 Å². The van der Waals surface area contributed by atoms with E-state index in [2.05, 4.69) is 6.07 Å². The smallest absolute Gasteiger partial charge is 0.310 e. The van der Waals surface area contributed by atoms with Gasteiger partial charge in [0.1, 0.15) is 18.0 Å². The molecule has 22 heavy (non-hydrogen) atoms. The predicted molar refractivity (Wildman–Crippen MR) is 85.4 cm³/mol. The van der Waals surface area contributed by atoms with Crippen molar-refractivity contribution in [2.75, 3.05) is 7.11 Å². The maximum Gasteiger partial charge on any atom is 0.310 e. The maximum absolute atomic E-state index is 11.7. The number of methoxy groups -OCH3 is 1. The van der Waals surface area contributed by atoms with Crippen molar-refractivity contribution in [2.45, 2.75) is 32.1 Å². The number of carboxylic acids is 1. The lowest BCUT2D eigenvalue weighted by atomic mass is 9.89. The quantitative estimate of drug-likeness (QED) is 0.790. The summed E-state index contributed by atoms with van der Waals surface area (Å²) in [4.78, 5) is 22.4. The fourth-order valence-electron chi connectivity index (χ4n) is 2.64. The first-order valence-corrected chi connectivity index (χ1v) is 7.34. The summed E-state index contributed by atoms with van der Waals surface area (Å²) in [6, 6.07) is 11.9. The number of hydrogen-bond acceptors (Lipinski definition) is 3. The van der Waals surface area contributed by atoms with Crippen LogP contribution in [0.2, 0.25) is 0 Å². The van der Waals surface area contributed by atoms with Crippen molar-refractivity contribution in [3.05, 3.63) is 42.0 Å². The van der Waals surface area contributed by atoms with Crippen LogP contribution in [0.15, 0.2) is 36.4 Å². The minimum absolute atomic E-state index is 0.0540. The van der Waals surface area contributed by atoms with Gasteiger partial charge in [0.05, 0.1) is 7.11 Å². The van der Waals surface area contributed by atoms with Gasteiger partial charge in [0.2, 0.25) is 0 Å². The average molecular weight is 300 g/mol. The molecule has 0 fully saturated rings. The summed E-state index contributed by atoms with van der Waals surface area (Å²) in [5.74, 6) is -0.429. The SMILES string of the molecule is CCC(CC(=O)CC(=O)O)c1ccc2cc(OC)ccc2c1. The molecule has 0 radical (unpaired) electrons. The Morgan fingerprint density at radius 1 is 1.14 bits per heavy atom. The second-order valence-electron chi connectivity index (χ2n) is 5.39. The van der Waals surface area contributed by atoms with Crippen LogP contribution in [-0.4, -0.2) is 24.0 Å². The normalized spacial score (nSPS) is 12.1. The topological polar surface area (TPSA) is 63.6 Å². The van der Waals surface area contributed by atoms with Gasteiger partial charge in [-0.3, -0.25) is 9.59 Å². The molecule has 0 aliphatic heterocycles. The van der Waals surface area contributed by atoms with Crippen molar-refractivity contribution >= 4 is 22.5 Å². The molecule has 4 heteroatoms. The van der Waals surface area contributed by atoms with E-state index in [-0.39, 0.29) is 18.1 Å². The summed E-state index contributed by atoms with van der Waals surface area (Å²) in [6.45, 7) is 2.01. The number of carbonyl (C=O) groups excluding carboxylic acids is 1. The summed E-state index contributed by atoms with van der Waals surface area (Å²) in [5, 5.41) is 10.9. The number of rotatable bonds is 7. The fraction of sp³-hybridized carbons (Fsp3) is 0.333. The van der Waals surface area contributed by atoms with Gasteiger partial charge in [-0.1, -0.05) is 31.2 Å². The second kappa shape index (κ2) is 7.07. The van der Waals surface area contributed by atoms with Crippen LogP contribution in [-0.2, 0) is 9.59 Å². The molecule has 0 aromatic heterocycles. The van der Waals surface area contributed by atoms with Crippen molar-refractivity contribution < 1.29 is 19.4 Å². The van der Waals surface area contributed by atoms with Gasteiger partial charge in [-0.2, -0.15) is 0 Å². The number of Topliss-reactive ketones (excluding diaryl/α,β-unsaturated/α-hetero) is 1. The Bertz CT molecular complexity index is 691. The maximum atomic E-state index is 11.7. The van der Waals surface area contributed by atoms with E-state index in [9.17, 15) is 9.59 Å². The fourth-order valence-corrected chi connectivity index (χ4v) is 2.64. The summed E-state index contributed by atoms with van der Waals surface area (Å²) in [5.41, 5.74) is 1.07. The molecule has 2 aromatic carbocycles. The second-order valence-corrected chi connectivity index (χ2v) is 5.39. The summed E-state index contributed by atoms with van der Waals surface area (Å²) in [7, 11) is 1.64. The molecular weight excluding hydrogens is 280 g/mol. The molecule has 0 amide bonds. The lowest BCUT2D eigenvalue weighted by Gasteiger charge is -2.15. The molecular formula is C18H20O4. The monoisotopic (exact) mass is 300 g/mol. The summed E-state index contributed by atoms with van der Waals surface area (Å²) < 4.78 is 5.21. The molecule has 1 unspecified atom stereocenters. The van der Waals surface area contributed by atoms with E-state index in [1.54, 1.807) is 7.11 Å². The minimum atomic E-state index is -1.06. The molecule has 2 aromatic rings. The van der Waals surface area contributed by atoms with E-state index in [0.717, 1.165) is 28.5 Å². The average Bonchev–Trinajstić information content (AvgIpc) is 2.50. The highest BCUT2D eigenvalue weighted by Crippen LogP contribution is 2.29. The molecule has 0 aliphatic rings. The van der Waals surface area contributed by atoms with Gasteiger partial charge in [-0.15, -0.1) is 0 Å². The summed E-state index contributed by atoms with van der Waals surface area (Å²) in [6.07, 6.45) is 0.665. The zero-order chi connectivity index (χ0) is 16.1. The van der Waals surface area contributed by atoms with E-state index in [4.69, 9.17) is 9.84 Å². The third kappa shape index (κ3) is 3.85. The molecule has 4 nitrogen and oxygen atoms in total. The van der Waals surface area contributed by atoms with Gasteiger partial charge in [0.25, 0.3) is 0 Å². The number of hydrogen-bond donors (Lipinski definition) is 1. The van der Waals surface area contributed by atoms with Crippen LogP contribution in [0.1, 0.15) is 37.7 Å². The van der Waals surface area contributed by atoms with E-state index in [0.29, 0.717) is 0 Å². The van der Waals surface area contributed by atoms with Gasteiger partial charge in [0, 0.05) is 6.42 Å². The van der Waals surface area contributed by atoms with E-state index in [1.165, 1.54) is 0 Å². The lowest BCUT2D eigenvalue weighted by molar-refractivity contribution is -0.140. The molecule has 0 heterocycles. The predicted octanol–water partition coefficient (Wildman–Crippen LogP) is 3.78. The van der Waals surface area contributed by atoms with E-state index in [1.807, 2.05) is 37.3 Å². The zero-order valence-corrected chi connectivity index (χ0v) is 12.8. The Kier molecular flexibility index (Phi) is 5.15. The molecule has 0 spiro atoms. The number of carboxylic acid groups (broad SMARTS) is 1. The summed E-state index contributed by atoms with van der Waals surface area (Å²) >= 11 is 0. The highest BCUT2D eigenvalue weighted by molar-refractivity contribution is 5.95. The Hall–Kier alpha value is -2.36.